The lowest BCUT2D eigenvalue weighted by Gasteiger charge is -2.04. The van der Waals surface area contributed by atoms with Crippen molar-refractivity contribution in [2.24, 2.45) is 4.99 Å². The monoisotopic (exact) mass is 432 g/mol. The van der Waals surface area contributed by atoms with Crippen LogP contribution in [0.1, 0.15) is 17.0 Å². The van der Waals surface area contributed by atoms with Crippen molar-refractivity contribution in [1.29, 1.82) is 0 Å². The van der Waals surface area contributed by atoms with Gasteiger partial charge in [0.05, 0.1) is 22.0 Å². The molecule has 1 aliphatic rings. The van der Waals surface area contributed by atoms with Crippen molar-refractivity contribution in [1.82, 2.24) is 19.7 Å². The number of aliphatic imine (C=N–C) groups is 1. The minimum absolute atomic E-state index is 0.0574. The topological polar surface area (TPSA) is 99.1 Å². The van der Waals surface area contributed by atoms with E-state index >= 15 is 0 Å². The number of hydrogen-bond acceptors (Lipinski definition) is 6. The van der Waals surface area contributed by atoms with E-state index in [2.05, 4.69) is 5.10 Å². The molecule has 0 bridgehead atoms. The van der Waals surface area contributed by atoms with Crippen LogP contribution < -0.4 is 0 Å². The summed E-state index contributed by atoms with van der Waals surface area (Å²) in [4.78, 5) is 25.7. The summed E-state index contributed by atoms with van der Waals surface area (Å²) in [6.45, 7) is 1.89. The van der Waals surface area contributed by atoms with Gasteiger partial charge < -0.3 is 0 Å². The Hall–Kier alpha value is -4.72. The highest BCUT2D eigenvalue weighted by atomic mass is 16.6. The highest BCUT2D eigenvalue weighted by molar-refractivity contribution is 6.24. The van der Waals surface area contributed by atoms with Gasteiger partial charge in [-0.25, -0.2) is 19.6 Å². The molecule has 5 aromatic rings. The van der Waals surface area contributed by atoms with Crippen LogP contribution in [0.15, 0.2) is 83.9 Å². The number of para-hydroxylation sites is 3. The van der Waals surface area contributed by atoms with Gasteiger partial charge in [-0.05, 0) is 25.1 Å². The predicted octanol–water partition coefficient (Wildman–Crippen LogP) is 5.18. The van der Waals surface area contributed by atoms with E-state index in [0.717, 1.165) is 22.5 Å². The smallest absolute Gasteiger partial charge is 0.258 e. The molecule has 0 spiro atoms. The predicted molar refractivity (Wildman–Crippen MR) is 125 cm³/mol. The van der Waals surface area contributed by atoms with Crippen molar-refractivity contribution in [3.8, 4) is 16.9 Å². The number of fused-ring (bicyclic) bond motifs is 4. The van der Waals surface area contributed by atoms with E-state index in [4.69, 9.17) is 15.0 Å². The largest absolute Gasteiger partial charge is 0.294 e. The minimum Gasteiger partial charge on any atom is -0.258 e. The quantitative estimate of drug-likeness (QED) is 0.283. The van der Waals surface area contributed by atoms with Gasteiger partial charge in [-0.3, -0.25) is 10.1 Å². The normalized spacial score (nSPS) is 13.3. The van der Waals surface area contributed by atoms with Crippen LogP contribution in [0.4, 0.5) is 11.4 Å². The summed E-state index contributed by atoms with van der Waals surface area (Å²) in [6, 6.07) is 24.0. The van der Waals surface area contributed by atoms with Crippen LogP contribution in [-0.2, 0) is 0 Å². The van der Waals surface area contributed by atoms with Crippen LogP contribution >= 0.6 is 0 Å². The number of nitro groups is 1. The van der Waals surface area contributed by atoms with Crippen molar-refractivity contribution in [3.63, 3.8) is 0 Å². The van der Waals surface area contributed by atoms with Gasteiger partial charge in [-0.15, -0.1) is 0 Å². The van der Waals surface area contributed by atoms with Crippen molar-refractivity contribution < 1.29 is 4.92 Å². The number of benzene rings is 3. The first-order chi connectivity index (χ1) is 16.1. The number of hydrogen-bond donors (Lipinski definition) is 0. The highest BCUT2D eigenvalue weighted by Gasteiger charge is 2.30. The molecular formula is C25H16N6O2. The Kier molecular flexibility index (Phi) is 4.13. The molecule has 1 aliphatic carbocycles. The average molecular weight is 432 g/mol. The second-order valence-corrected chi connectivity index (χ2v) is 7.68. The highest BCUT2D eigenvalue weighted by Crippen LogP contribution is 2.38. The second-order valence-electron chi connectivity index (χ2n) is 7.68. The van der Waals surface area contributed by atoms with Gasteiger partial charge in [0.2, 0.25) is 0 Å². The van der Waals surface area contributed by atoms with Crippen LogP contribution in [-0.4, -0.2) is 30.4 Å². The molecule has 0 radical (unpaired) electrons. The zero-order valence-corrected chi connectivity index (χ0v) is 17.5. The Labute approximate surface area is 188 Å². The Morgan fingerprint density at radius 2 is 1.55 bits per heavy atom. The molecule has 3 aromatic carbocycles. The van der Waals surface area contributed by atoms with Crippen molar-refractivity contribution >= 4 is 28.3 Å². The van der Waals surface area contributed by atoms with Crippen LogP contribution in [0, 0.1) is 17.0 Å². The van der Waals surface area contributed by atoms with E-state index in [1.54, 1.807) is 22.9 Å². The fraction of sp³-hybridized carbons (Fsp3) is 0.0400. The van der Waals surface area contributed by atoms with Crippen LogP contribution in [0.5, 0.6) is 0 Å². The first kappa shape index (κ1) is 19.0. The Morgan fingerprint density at radius 1 is 0.848 bits per heavy atom. The molecule has 0 saturated carbocycles. The molecule has 33 heavy (non-hydrogen) atoms. The standard InChI is InChI=1S/C25H16N6O2/c1-15-21-25(30(29-15)16-9-3-2-4-10-16)28-23-18-12-6-5-11-17(18)22(24(23)27-21)26-19-13-7-8-14-20(19)31(32)33/h2-14H,1H3. The van der Waals surface area contributed by atoms with Crippen molar-refractivity contribution in [2.75, 3.05) is 0 Å². The molecule has 0 amide bonds. The summed E-state index contributed by atoms with van der Waals surface area (Å²) in [5, 5.41) is 16.2. The van der Waals surface area contributed by atoms with Gasteiger partial charge in [-0.1, -0.05) is 54.6 Å². The van der Waals surface area contributed by atoms with E-state index in [-0.39, 0.29) is 11.4 Å². The molecule has 0 atom stereocenters. The maximum Gasteiger partial charge on any atom is 0.294 e. The zero-order chi connectivity index (χ0) is 22.5. The van der Waals surface area contributed by atoms with E-state index in [1.807, 2.05) is 61.5 Å². The lowest BCUT2D eigenvalue weighted by molar-refractivity contribution is -0.384. The molecule has 0 saturated heterocycles. The van der Waals surface area contributed by atoms with Crippen LogP contribution in [0.2, 0.25) is 0 Å². The number of nitro benzene ring substituents is 1. The summed E-state index contributed by atoms with van der Waals surface area (Å²) in [5.41, 5.74) is 6.75. The summed E-state index contributed by atoms with van der Waals surface area (Å²) < 4.78 is 1.79. The molecule has 2 heterocycles. The minimum atomic E-state index is -0.427. The number of rotatable bonds is 3. The van der Waals surface area contributed by atoms with Crippen molar-refractivity contribution in [3.05, 3.63) is 106 Å². The molecule has 8 heteroatoms. The molecule has 6 rings (SSSR count). The fourth-order valence-corrected chi connectivity index (χ4v) is 4.13. The summed E-state index contributed by atoms with van der Waals surface area (Å²) >= 11 is 0. The zero-order valence-electron chi connectivity index (χ0n) is 17.5. The maximum absolute atomic E-state index is 11.5. The van der Waals surface area contributed by atoms with Gasteiger partial charge in [0, 0.05) is 17.2 Å². The Balaban J connectivity index is 1.64. The van der Waals surface area contributed by atoms with Crippen LogP contribution in [0.3, 0.4) is 0 Å². The second kappa shape index (κ2) is 7.16. The molecule has 8 nitrogen and oxygen atoms in total. The number of nitrogens with zero attached hydrogens (tertiary/aromatic N) is 6. The first-order valence-corrected chi connectivity index (χ1v) is 10.4. The molecule has 0 N–H and O–H groups in total. The maximum atomic E-state index is 11.5. The molecule has 158 valence electrons. The van der Waals surface area contributed by atoms with E-state index in [1.165, 1.54) is 6.07 Å². The lowest BCUT2D eigenvalue weighted by Crippen LogP contribution is -2.03. The SMILES string of the molecule is Cc1nn(-c2ccccc2)c2nc3c(nc12)C(=Nc1ccccc1[N+](=O)[O-])c1ccccc1-3. The average Bonchev–Trinajstić information content (AvgIpc) is 3.33. The number of aromatic nitrogens is 4. The Morgan fingerprint density at radius 3 is 2.33 bits per heavy atom. The molecule has 0 aliphatic heterocycles. The van der Waals surface area contributed by atoms with Gasteiger partial charge in [0.15, 0.2) is 5.65 Å². The summed E-state index contributed by atoms with van der Waals surface area (Å²) in [6.07, 6.45) is 0. The lowest BCUT2D eigenvalue weighted by atomic mass is 10.1. The molecule has 0 fully saturated rings. The summed E-state index contributed by atoms with van der Waals surface area (Å²) in [5.74, 6) is 0. The third-order valence-electron chi connectivity index (χ3n) is 5.64. The van der Waals surface area contributed by atoms with Crippen LogP contribution in [0.25, 0.3) is 28.1 Å². The summed E-state index contributed by atoms with van der Waals surface area (Å²) in [7, 11) is 0. The Bertz CT molecular complexity index is 1600. The van der Waals surface area contributed by atoms with Gasteiger partial charge in [-0.2, -0.15) is 5.10 Å². The van der Waals surface area contributed by atoms with Crippen molar-refractivity contribution in [2.45, 2.75) is 6.92 Å². The van der Waals surface area contributed by atoms with E-state index in [9.17, 15) is 10.1 Å². The van der Waals surface area contributed by atoms with E-state index < -0.39 is 4.92 Å². The third kappa shape index (κ3) is 2.92. The van der Waals surface area contributed by atoms with Gasteiger partial charge in [0.1, 0.15) is 22.6 Å². The van der Waals surface area contributed by atoms with Gasteiger partial charge in [0.25, 0.3) is 5.69 Å². The third-order valence-corrected chi connectivity index (χ3v) is 5.64. The molecule has 0 unspecified atom stereocenters. The molecular weight excluding hydrogens is 416 g/mol. The first-order valence-electron chi connectivity index (χ1n) is 10.4. The van der Waals surface area contributed by atoms with E-state index in [0.29, 0.717) is 28.3 Å². The van der Waals surface area contributed by atoms with Gasteiger partial charge >= 0.3 is 0 Å². The number of aryl methyl sites for hydroxylation is 1. The molecule has 2 aromatic heterocycles. The fourth-order valence-electron chi connectivity index (χ4n) is 4.13.